The van der Waals surface area contributed by atoms with Crippen LogP contribution in [0.5, 0.6) is 0 Å². The van der Waals surface area contributed by atoms with Crippen molar-refractivity contribution in [3.05, 3.63) is 71.7 Å². The smallest absolute Gasteiger partial charge is 0.335 e. The standard InChI is InChI=1S/C18H14N2O4/c1-12-7-9-13(10-8-12)20-17(22)15(16(21)19-18(20)23)6-2-4-14-5-3-11-24-14/h2-11H,1H3,(H,19,21,23)/b4-2+,15-6+. The third-order valence-corrected chi connectivity index (χ3v) is 3.46. The van der Waals surface area contributed by atoms with Crippen LogP contribution >= 0.6 is 0 Å². The van der Waals surface area contributed by atoms with Gasteiger partial charge in [-0.1, -0.05) is 23.8 Å². The molecule has 0 saturated carbocycles. The number of urea groups is 1. The van der Waals surface area contributed by atoms with Gasteiger partial charge in [0.05, 0.1) is 12.0 Å². The summed E-state index contributed by atoms with van der Waals surface area (Å²) >= 11 is 0. The van der Waals surface area contributed by atoms with E-state index in [9.17, 15) is 14.4 Å². The summed E-state index contributed by atoms with van der Waals surface area (Å²) in [7, 11) is 0. The Hall–Kier alpha value is -3.41. The molecular formula is C18H14N2O4. The molecule has 1 aliphatic heterocycles. The highest BCUT2D eigenvalue weighted by atomic mass is 16.3. The molecule has 120 valence electrons. The van der Waals surface area contributed by atoms with Gasteiger partial charge in [0, 0.05) is 0 Å². The Kier molecular flexibility index (Phi) is 4.11. The Morgan fingerprint density at radius 3 is 2.50 bits per heavy atom. The summed E-state index contributed by atoms with van der Waals surface area (Å²) in [6.45, 7) is 1.90. The number of carbonyl (C=O) groups excluding carboxylic acids is 3. The highest BCUT2D eigenvalue weighted by Crippen LogP contribution is 2.21. The molecule has 1 N–H and O–H groups in total. The fourth-order valence-electron chi connectivity index (χ4n) is 2.23. The number of aryl methyl sites for hydroxylation is 1. The number of allylic oxidation sites excluding steroid dienone is 2. The lowest BCUT2D eigenvalue weighted by Gasteiger charge is -2.26. The minimum absolute atomic E-state index is 0.127. The van der Waals surface area contributed by atoms with Gasteiger partial charge in [-0.25, -0.2) is 9.69 Å². The first-order chi connectivity index (χ1) is 11.6. The van der Waals surface area contributed by atoms with Gasteiger partial charge in [-0.05, 0) is 43.3 Å². The molecule has 0 radical (unpaired) electrons. The maximum Gasteiger partial charge on any atom is 0.335 e. The van der Waals surface area contributed by atoms with E-state index in [-0.39, 0.29) is 5.57 Å². The molecule has 0 spiro atoms. The second-order valence-corrected chi connectivity index (χ2v) is 5.19. The lowest BCUT2D eigenvalue weighted by Crippen LogP contribution is -2.54. The van der Waals surface area contributed by atoms with Gasteiger partial charge in [0.1, 0.15) is 11.3 Å². The van der Waals surface area contributed by atoms with Gasteiger partial charge in [0.2, 0.25) is 0 Å². The normalized spacial score (nSPS) is 17.0. The lowest BCUT2D eigenvalue weighted by atomic mass is 10.1. The number of imide groups is 2. The summed E-state index contributed by atoms with van der Waals surface area (Å²) in [5.41, 5.74) is 1.27. The quantitative estimate of drug-likeness (QED) is 0.696. The minimum Gasteiger partial charge on any atom is -0.465 e. The zero-order chi connectivity index (χ0) is 17.1. The first kappa shape index (κ1) is 15.5. The summed E-state index contributed by atoms with van der Waals surface area (Å²) in [6.07, 6.45) is 6.01. The molecule has 0 atom stereocenters. The summed E-state index contributed by atoms with van der Waals surface area (Å²) in [4.78, 5) is 37.4. The van der Waals surface area contributed by atoms with Crippen LogP contribution < -0.4 is 10.2 Å². The predicted molar refractivity (Wildman–Crippen MR) is 88.0 cm³/mol. The molecule has 1 fully saturated rings. The number of benzene rings is 1. The lowest BCUT2D eigenvalue weighted by molar-refractivity contribution is -0.122. The number of rotatable bonds is 3. The van der Waals surface area contributed by atoms with E-state index in [0.717, 1.165) is 10.5 Å². The average molecular weight is 322 g/mol. The van der Waals surface area contributed by atoms with Crippen molar-refractivity contribution in [2.75, 3.05) is 4.90 Å². The van der Waals surface area contributed by atoms with Crippen molar-refractivity contribution in [1.82, 2.24) is 5.32 Å². The number of carbonyl (C=O) groups is 3. The Morgan fingerprint density at radius 1 is 1.08 bits per heavy atom. The highest BCUT2D eigenvalue weighted by molar-refractivity contribution is 6.37. The predicted octanol–water partition coefficient (Wildman–Crippen LogP) is 2.81. The van der Waals surface area contributed by atoms with Crippen LogP contribution in [0.1, 0.15) is 11.3 Å². The van der Waals surface area contributed by atoms with Crippen LogP contribution in [0.3, 0.4) is 0 Å². The first-order valence-corrected chi connectivity index (χ1v) is 7.24. The Balaban J connectivity index is 1.89. The molecule has 4 amide bonds. The van der Waals surface area contributed by atoms with Crippen molar-refractivity contribution in [1.29, 1.82) is 0 Å². The van der Waals surface area contributed by atoms with Crippen LogP contribution in [-0.4, -0.2) is 17.8 Å². The van der Waals surface area contributed by atoms with Crippen molar-refractivity contribution in [3.63, 3.8) is 0 Å². The number of nitrogens with one attached hydrogen (secondary N) is 1. The molecule has 24 heavy (non-hydrogen) atoms. The van der Waals surface area contributed by atoms with E-state index in [0.29, 0.717) is 11.4 Å². The maximum atomic E-state index is 12.5. The van der Waals surface area contributed by atoms with E-state index in [1.165, 1.54) is 18.4 Å². The van der Waals surface area contributed by atoms with Gasteiger partial charge in [-0.3, -0.25) is 14.9 Å². The molecule has 3 rings (SSSR count). The van der Waals surface area contributed by atoms with E-state index in [2.05, 4.69) is 5.32 Å². The third-order valence-electron chi connectivity index (χ3n) is 3.46. The summed E-state index contributed by atoms with van der Waals surface area (Å²) in [6, 6.07) is 9.57. The zero-order valence-corrected chi connectivity index (χ0v) is 12.9. The van der Waals surface area contributed by atoms with Crippen molar-refractivity contribution >= 4 is 29.6 Å². The number of hydrogen-bond acceptors (Lipinski definition) is 4. The molecule has 6 nitrogen and oxygen atoms in total. The number of furan rings is 1. The van der Waals surface area contributed by atoms with E-state index < -0.39 is 17.8 Å². The fraction of sp³-hybridized carbons (Fsp3) is 0.0556. The minimum atomic E-state index is -0.763. The molecule has 6 heteroatoms. The molecule has 1 aliphatic rings. The summed E-state index contributed by atoms with van der Waals surface area (Å²) in [5.74, 6) is -0.809. The van der Waals surface area contributed by atoms with Crippen LogP contribution in [0.4, 0.5) is 10.5 Å². The van der Waals surface area contributed by atoms with Crippen LogP contribution in [0.2, 0.25) is 0 Å². The van der Waals surface area contributed by atoms with E-state index in [4.69, 9.17) is 4.42 Å². The number of hydrogen-bond donors (Lipinski definition) is 1. The molecule has 1 aromatic carbocycles. The third kappa shape index (κ3) is 3.03. The van der Waals surface area contributed by atoms with Gasteiger partial charge in [-0.2, -0.15) is 0 Å². The van der Waals surface area contributed by atoms with E-state index in [1.54, 1.807) is 42.5 Å². The zero-order valence-electron chi connectivity index (χ0n) is 12.9. The fourth-order valence-corrected chi connectivity index (χ4v) is 2.23. The molecule has 0 bridgehead atoms. The first-order valence-electron chi connectivity index (χ1n) is 7.24. The topological polar surface area (TPSA) is 79.6 Å². The van der Waals surface area contributed by atoms with Crippen LogP contribution in [0, 0.1) is 6.92 Å². The van der Waals surface area contributed by atoms with Crippen LogP contribution in [0.25, 0.3) is 6.08 Å². The monoisotopic (exact) mass is 322 g/mol. The average Bonchev–Trinajstić information content (AvgIpc) is 3.05. The second-order valence-electron chi connectivity index (χ2n) is 5.19. The summed E-state index contributed by atoms with van der Waals surface area (Å²) < 4.78 is 5.13. The molecular weight excluding hydrogens is 308 g/mol. The van der Waals surface area contributed by atoms with E-state index in [1.807, 2.05) is 6.92 Å². The van der Waals surface area contributed by atoms with Crippen molar-refractivity contribution in [3.8, 4) is 0 Å². The van der Waals surface area contributed by atoms with Crippen molar-refractivity contribution in [2.45, 2.75) is 6.92 Å². The largest absolute Gasteiger partial charge is 0.465 e. The van der Waals surface area contributed by atoms with Crippen LogP contribution in [0.15, 0.2) is 64.8 Å². The highest BCUT2D eigenvalue weighted by Gasteiger charge is 2.36. The summed E-state index contributed by atoms with van der Waals surface area (Å²) in [5, 5.41) is 2.17. The number of amides is 4. The van der Waals surface area contributed by atoms with Gasteiger partial charge in [0.25, 0.3) is 11.8 Å². The number of anilines is 1. The maximum absolute atomic E-state index is 12.5. The SMILES string of the molecule is Cc1ccc(N2C(=O)NC(=O)/C(=C\C=C\c3ccco3)C2=O)cc1. The van der Waals surface area contributed by atoms with Crippen LogP contribution in [-0.2, 0) is 9.59 Å². The molecule has 2 heterocycles. The molecule has 0 unspecified atom stereocenters. The van der Waals surface area contributed by atoms with Crippen molar-refractivity contribution < 1.29 is 18.8 Å². The van der Waals surface area contributed by atoms with Gasteiger partial charge in [0.15, 0.2) is 0 Å². The molecule has 1 aromatic heterocycles. The molecule has 0 aliphatic carbocycles. The van der Waals surface area contributed by atoms with Gasteiger partial charge < -0.3 is 4.42 Å². The van der Waals surface area contributed by atoms with Crippen molar-refractivity contribution in [2.24, 2.45) is 0 Å². The Bertz CT molecular complexity index is 846. The molecule has 2 aromatic rings. The Labute approximate surface area is 138 Å². The molecule has 1 saturated heterocycles. The van der Waals surface area contributed by atoms with E-state index >= 15 is 0 Å². The second kappa shape index (κ2) is 6.37. The Morgan fingerprint density at radius 2 is 1.83 bits per heavy atom. The van der Waals surface area contributed by atoms with Gasteiger partial charge in [-0.15, -0.1) is 0 Å². The van der Waals surface area contributed by atoms with Gasteiger partial charge >= 0.3 is 6.03 Å². The number of nitrogens with zero attached hydrogens (tertiary/aromatic N) is 1. The number of barbiturate groups is 1.